The molecule has 0 atom stereocenters. The number of thiazole rings is 1. The Kier molecular flexibility index (Phi) is 7.26. The third-order valence-electron chi connectivity index (χ3n) is 6.47. The number of hydrogen-bond acceptors (Lipinski definition) is 9. The maximum Gasteiger partial charge on any atom is 0.294 e. The van der Waals surface area contributed by atoms with Crippen LogP contribution in [0.25, 0.3) is 11.3 Å². The van der Waals surface area contributed by atoms with Crippen molar-refractivity contribution in [2.75, 3.05) is 36.4 Å². The van der Waals surface area contributed by atoms with Gasteiger partial charge in [-0.05, 0) is 18.6 Å². The van der Waals surface area contributed by atoms with Crippen molar-refractivity contribution in [2.24, 2.45) is 7.05 Å². The highest BCUT2D eigenvalue weighted by Crippen LogP contribution is 2.37. The lowest BCUT2D eigenvalue weighted by Gasteiger charge is -2.36. The van der Waals surface area contributed by atoms with E-state index >= 15 is 0 Å². The van der Waals surface area contributed by atoms with Gasteiger partial charge in [0.1, 0.15) is 11.4 Å². The molecular weight excluding hydrogens is 544 g/mol. The van der Waals surface area contributed by atoms with Gasteiger partial charge < -0.3 is 15.1 Å². The summed E-state index contributed by atoms with van der Waals surface area (Å²) in [4.78, 5) is 44.8. The first-order valence-corrected chi connectivity index (χ1v) is 13.2. The molecule has 2 amide bonds. The molecule has 0 aliphatic carbocycles. The van der Waals surface area contributed by atoms with Crippen LogP contribution in [0.3, 0.4) is 0 Å². The van der Waals surface area contributed by atoms with E-state index in [4.69, 9.17) is 11.6 Å². The fraction of sp³-hybridized carbons (Fsp3) is 0.240. The summed E-state index contributed by atoms with van der Waals surface area (Å²) < 4.78 is 1.49. The molecule has 200 valence electrons. The van der Waals surface area contributed by atoms with Crippen molar-refractivity contribution in [1.82, 2.24) is 24.9 Å². The molecule has 2 aromatic heterocycles. The number of aromatic nitrogens is 4. The Bertz CT molecular complexity index is 1560. The van der Waals surface area contributed by atoms with Gasteiger partial charge in [0.2, 0.25) is 0 Å². The lowest BCUT2D eigenvalue weighted by atomic mass is 10.0. The maximum absolute atomic E-state index is 13.6. The minimum atomic E-state index is -0.600. The molecule has 0 spiro atoms. The number of nitro groups is 1. The molecular formula is C25H23ClN8O4S. The van der Waals surface area contributed by atoms with E-state index in [2.05, 4.69) is 20.6 Å². The second kappa shape index (κ2) is 10.8. The molecule has 2 aromatic carbocycles. The van der Waals surface area contributed by atoms with Crippen molar-refractivity contribution >= 4 is 51.8 Å². The molecule has 0 bridgehead atoms. The van der Waals surface area contributed by atoms with Crippen LogP contribution in [-0.2, 0) is 7.05 Å². The fourth-order valence-electron chi connectivity index (χ4n) is 4.47. The standard InChI is InChI=1S/C25H23ClN8O4S/c1-15-5-3-4-6-16(15)21-22(31(2)30-29-21)25(36)33-10-8-32(9-11-33)19-14-18(20(34(37)38)13-17(19)26)28-23(35)24-27-7-12-39-24/h3-7,12-14H,8-11H2,1-2H3,(H,28,35). The highest BCUT2D eigenvalue weighted by atomic mass is 35.5. The fourth-order valence-corrected chi connectivity index (χ4v) is 5.28. The van der Waals surface area contributed by atoms with Crippen LogP contribution < -0.4 is 10.2 Å². The lowest BCUT2D eigenvalue weighted by molar-refractivity contribution is -0.383. The van der Waals surface area contributed by atoms with Gasteiger partial charge in [-0.2, -0.15) is 0 Å². The number of nitrogens with one attached hydrogen (secondary N) is 1. The smallest absolute Gasteiger partial charge is 0.294 e. The van der Waals surface area contributed by atoms with Crippen molar-refractivity contribution in [3.05, 3.63) is 79.4 Å². The van der Waals surface area contributed by atoms with Crippen molar-refractivity contribution in [2.45, 2.75) is 6.92 Å². The van der Waals surface area contributed by atoms with E-state index in [9.17, 15) is 19.7 Å². The Morgan fingerprint density at radius 1 is 1.15 bits per heavy atom. The number of anilines is 2. The van der Waals surface area contributed by atoms with Gasteiger partial charge in [0.25, 0.3) is 17.5 Å². The van der Waals surface area contributed by atoms with Crippen molar-refractivity contribution in [3.63, 3.8) is 0 Å². The topological polar surface area (TPSA) is 139 Å². The zero-order chi connectivity index (χ0) is 27.7. The number of benzene rings is 2. The molecule has 0 unspecified atom stereocenters. The summed E-state index contributed by atoms with van der Waals surface area (Å²) in [6.07, 6.45) is 1.48. The lowest BCUT2D eigenvalue weighted by Crippen LogP contribution is -2.49. The van der Waals surface area contributed by atoms with Crippen molar-refractivity contribution < 1.29 is 14.5 Å². The van der Waals surface area contributed by atoms with E-state index in [1.165, 1.54) is 23.0 Å². The number of carbonyl (C=O) groups excluding carboxylic acids is 2. The number of aryl methyl sites for hydroxylation is 2. The molecule has 3 heterocycles. The largest absolute Gasteiger partial charge is 0.367 e. The van der Waals surface area contributed by atoms with E-state index in [1.54, 1.807) is 17.3 Å². The molecule has 1 aliphatic heterocycles. The summed E-state index contributed by atoms with van der Waals surface area (Å²) in [6.45, 7) is 3.57. The van der Waals surface area contributed by atoms with Crippen LogP contribution in [-0.4, -0.2) is 67.8 Å². The van der Waals surface area contributed by atoms with Crippen LogP contribution in [0, 0.1) is 17.0 Å². The van der Waals surface area contributed by atoms with Crippen LogP contribution >= 0.6 is 22.9 Å². The van der Waals surface area contributed by atoms with E-state index in [0.717, 1.165) is 22.5 Å². The summed E-state index contributed by atoms with van der Waals surface area (Å²) >= 11 is 7.58. The van der Waals surface area contributed by atoms with Crippen LogP contribution in [0.1, 0.15) is 25.9 Å². The molecule has 39 heavy (non-hydrogen) atoms. The predicted octanol–water partition coefficient (Wildman–Crippen LogP) is 4.02. The summed E-state index contributed by atoms with van der Waals surface area (Å²) in [5.41, 5.74) is 2.98. The number of carbonyl (C=O) groups is 2. The normalized spacial score (nSPS) is 13.4. The molecule has 5 rings (SSSR count). The minimum Gasteiger partial charge on any atom is -0.367 e. The Labute approximate surface area is 232 Å². The summed E-state index contributed by atoms with van der Waals surface area (Å²) in [7, 11) is 1.69. The molecule has 1 aliphatic rings. The third kappa shape index (κ3) is 5.18. The monoisotopic (exact) mass is 566 g/mol. The average molecular weight is 567 g/mol. The molecule has 12 nitrogen and oxygen atoms in total. The van der Waals surface area contributed by atoms with E-state index in [0.29, 0.717) is 43.3 Å². The first-order chi connectivity index (χ1) is 18.7. The highest BCUT2D eigenvalue weighted by molar-refractivity contribution is 7.11. The van der Waals surface area contributed by atoms with E-state index < -0.39 is 10.8 Å². The van der Waals surface area contributed by atoms with Gasteiger partial charge in [-0.3, -0.25) is 19.7 Å². The number of hydrogen-bond donors (Lipinski definition) is 1. The average Bonchev–Trinajstić information content (AvgIpc) is 3.60. The minimum absolute atomic E-state index is 0.0157. The van der Waals surface area contributed by atoms with Gasteiger partial charge in [0.05, 0.1) is 15.6 Å². The summed E-state index contributed by atoms with van der Waals surface area (Å²) in [6, 6.07) is 10.4. The number of piperazine rings is 1. The van der Waals surface area contributed by atoms with Gasteiger partial charge >= 0.3 is 0 Å². The van der Waals surface area contributed by atoms with Crippen molar-refractivity contribution in [1.29, 1.82) is 0 Å². The summed E-state index contributed by atoms with van der Waals surface area (Å²) in [5.74, 6) is -0.738. The van der Waals surface area contributed by atoms with Crippen molar-refractivity contribution in [3.8, 4) is 11.3 Å². The second-order valence-corrected chi connectivity index (χ2v) is 10.2. The number of nitrogens with zero attached hydrogens (tertiary/aromatic N) is 7. The van der Waals surface area contributed by atoms with Crippen LogP contribution in [0.4, 0.5) is 17.1 Å². The molecule has 1 saturated heterocycles. The zero-order valence-corrected chi connectivity index (χ0v) is 22.6. The van der Waals surface area contributed by atoms with Gasteiger partial charge in [0.15, 0.2) is 10.7 Å². The van der Waals surface area contributed by atoms with Gasteiger partial charge in [-0.15, -0.1) is 16.4 Å². The third-order valence-corrected chi connectivity index (χ3v) is 7.55. The first-order valence-electron chi connectivity index (χ1n) is 11.9. The molecule has 14 heteroatoms. The number of rotatable bonds is 6. The number of nitro benzene ring substituents is 1. The predicted molar refractivity (Wildman–Crippen MR) is 147 cm³/mol. The molecule has 0 radical (unpaired) electrons. The molecule has 4 aromatic rings. The molecule has 1 fully saturated rings. The maximum atomic E-state index is 13.6. The summed E-state index contributed by atoms with van der Waals surface area (Å²) in [5, 5.41) is 24.6. The van der Waals surface area contributed by atoms with Gasteiger partial charge in [-0.1, -0.05) is 41.1 Å². The first kappa shape index (κ1) is 26.3. The van der Waals surface area contributed by atoms with Gasteiger partial charge in [-0.25, -0.2) is 9.67 Å². The van der Waals surface area contributed by atoms with Gasteiger partial charge in [0, 0.05) is 56.4 Å². The highest BCUT2D eigenvalue weighted by Gasteiger charge is 2.30. The SMILES string of the molecule is Cc1ccccc1-c1nnn(C)c1C(=O)N1CCN(c2cc(NC(=O)c3nccs3)c([N+](=O)[O-])cc2Cl)CC1. The quantitative estimate of drug-likeness (QED) is 0.273. The molecule has 0 saturated carbocycles. The van der Waals surface area contributed by atoms with E-state index in [-0.39, 0.29) is 27.3 Å². The second-order valence-electron chi connectivity index (χ2n) is 8.87. The van der Waals surface area contributed by atoms with Crippen LogP contribution in [0.15, 0.2) is 48.0 Å². The zero-order valence-electron chi connectivity index (χ0n) is 21.0. The number of halogens is 1. The Morgan fingerprint density at radius 3 is 2.56 bits per heavy atom. The number of amides is 2. The van der Waals surface area contributed by atoms with Crippen LogP contribution in [0.5, 0.6) is 0 Å². The Balaban J connectivity index is 1.35. The Hall–Kier alpha value is -4.36. The van der Waals surface area contributed by atoms with E-state index in [1.807, 2.05) is 36.1 Å². The Morgan fingerprint density at radius 2 is 1.90 bits per heavy atom. The molecule has 1 N–H and O–H groups in total. The van der Waals surface area contributed by atoms with Crippen LogP contribution in [0.2, 0.25) is 5.02 Å².